The molecule has 0 saturated carbocycles. The van der Waals surface area contributed by atoms with Crippen molar-refractivity contribution in [2.24, 2.45) is 5.92 Å². The fourth-order valence-corrected chi connectivity index (χ4v) is 3.22. The molecule has 0 fully saturated rings. The highest BCUT2D eigenvalue weighted by molar-refractivity contribution is 6.17. The van der Waals surface area contributed by atoms with E-state index in [2.05, 4.69) is 13.8 Å². The first-order valence-electron chi connectivity index (χ1n) is 10.5. The predicted molar refractivity (Wildman–Crippen MR) is 106 cm³/mol. The molecule has 24 heavy (non-hydrogen) atoms. The van der Waals surface area contributed by atoms with Crippen LogP contribution in [0.3, 0.4) is 0 Å². The molecule has 3 heteroatoms. The van der Waals surface area contributed by atoms with Gasteiger partial charge in [0.15, 0.2) is 0 Å². The largest absolute Gasteiger partial charge is 0.465 e. The summed E-state index contributed by atoms with van der Waals surface area (Å²) in [4.78, 5) is 12.4. The maximum absolute atomic E-state index is 12.4. The monoisotopic (exact) mass is 360 g/mol. The molecule has 144 valence electrons. The standard InChI is InChI=1S/C21H41ClO2/c1-3-5-7-9-10-13-17-20(16-12-8-6-4-2)21(23)24-19-15-11-14-18-22/h20H,3-19H2,1-2H3. The summed E-state index contributed by atoms with van der Waals surface area (Å²) in [5, 5.41) is 0. The zero-order valence-corrected chi connectivity index (χ0v) is 17.0. The molecule has 0 aromatic carbocycles. The minimum Gasteiger partial charge on any atom is -0.465 e. The lowest BCUT2D eigenvalue weighted by Crippen LogP contribution is -2.18. The Hall–Kier alpha value is -0.240. The Kier molecular flexibility index (Phi) is 18.9. The Bertz CT molecular complexity index is 269. The number of halogens is 1. The van der Waals surface area contributed by atoms with Crippen molar-refractivity contribution in [2.75, 3.05) is 12.5 Å². The summed E-state index contributed by atoms with van der Waals surface area (Å²) in [7, 11) is 0. The summed E-state index contributed by atoms with van der Waals surface area (Å²) < 4.78 is 5.52. The SMILES string of the molecule is CCCCCCCCC(CCCCCC)C(=O)OCCCCCCl. The van der Waals surface area contributed by atoms with E-state index in [-0.39, 0.29) is 11.9 Å². The fraction of sp³-hybridized carbons (Fsp3) is 0.952. The van der Waals surface area contributed by atoms with E-state index in [1.165, 1.54) is 57.8 Å². The molecule has 0 amide bonds. The molecule has 0 aliphatic carbocycles. The van der Waals surface area contributed by atoms with Gasteiger partial charge < -0.3 is 4.74 Å². The first-order chi connectivity index (χ1) is 11.8. The van der Waals surface area contributed by atoms with Crippen LogP contribution in [0.5, 0.6) is 0 Å². The Morgan fingerprint density at radius 3 is 1.83 bits per heavy atom. The quantitative estimate of drug-likeness (QED) is 0.146. The van der Waals surface area contributed by atoms with E-state index < -0.39 is 0 Å². The number of esters is 1. The van der Waals surface area contributed by atoms with Gasteiger partial charge in [0.25, 0.3) is 0 Å². The molecule has 0 heterocycles. The fourth-order valence-electron chi connectivity index (χ4n) is 3.03. The van der Waals surface area contributed by atoms with Crippen LogP contribution in [0.15, 0.2) is 0 Å². The number of hydrogen-bond acceptors (Lipinski definition) is 2. The minimum absolute atomic E-state index is 0.0472. The maximum Gasteiger partial charge on any atom is 0.308 e. The van der Waals surface area contributed by atoms with Crippen LogP contribution in [0.4, 0.5) is 0 Å². The summed E-state index contributed by atoms with van der Waals surface area (Å²) in [6.07, 6.45) is 17.6. The van der Waals surface area contributed by atoms with Gasteiger partial charge in [0.1, 0.15) is 0 Å². The van der Waals surface area contributed by atoms with Crippen molar-refractivity contribution < 1.29 is 9.53 Å². The summed E-state index contributed by atoms with van der Waals surface area (Å²) in [5.41, 5.74) is 0. The topological polar surface area (TPSA) is 26.3 Å². The maximum atomic E-state index is 12.4. The second kappa shape index (κ2) is 19.1. The van der Waals surface area contributed by atoms with Crippen molar-refractivity contribution in [3.63, 3.8) is 0 Å². The van der Waals surface area contributed by atoms with Gasteiger partial charge in [-0.05, 0) is 32.1 Å². The number of unbranched alkanes of at least 4 members (excludes halogenated alkanes) is 10. The molecular formula is C21H41ClO2. The molecule has 0 radical (unpaired) electrons. The number of hydrogen-bond donors (Lipinski definition) is 0. The highest BCUT2D eigenvalue weighted by Gasteiger charge is 2.19. The molecule has 0 spiro atoms. The number of rotatable bonds is 18. The van der Waals surface area contributed by atoms with Gasteiger partial charge in [0.05, 0.1) is 12.5 Å². The van der Waals surface area contributed by atoms with Gasteiger partial charge in [-0.25, -0.2) is 0 Å². The molecule has 0 aliphatic rings. The van der Waals surface area contributed by atoms with E-state index in [4.69, 9.17) is 16.3 Å². The van der Waals surface area contributed by atoms with Gasteiger partial charge in [-0.1, -0.05) is 78.1 Å². The van der Waals surface area contributed by atoms with Gasteiger partial charge in [-0.15, -0.1) is 11.6 Å². The Morgan fingerprint density at radius 2 is 1.25 bits per heavy atom. The Balaban J connectivity index is 3.98. The van der Waals surface area contributed by atoms with Crippen LogP contribution in [0, 0.1) is 5.92 Å². The van der Waals surface area contributed by atoms with E-state index in [0.29, 0.717) is 12.5 Å². The average Bonchev–Trinajstić information content (AvgIpc) is 2.59. The lowest BCUT2D eigenvalue weighted by molar-refractivity contribution is -0.149. The third-order valence-corrected chi connectivity index (χ3v) is 4.94. The molecule has 0 rings (SSSR count). The van der Waals surface area contributed by atoms with Crippen LogP contribution in [0.1, 0.15) is 110 Å². The van der Waals surface area contributed by atoms with Gasteiger partial charge in [-0.2, -0.15) is 0 Å². The van der Waals surface area contributed by atoms with Gasteiger partial charge >= 0.3 is 5.97 Å². The molecule has 0 aliphatic heterocycles. The highest BCUT2D eigenvalue weighted by Crippen LogP contribution is 2.20. The second-order valence-electron chi connectivity index (χ2n) is 7.02. The van der Waals surface area contributed by atoms with Gasteiger partial charge in [-0.3, -0.25) is 4.79 Å². The number of carbonyl (C=O) groups is 1. The van der Waals surface area contributed by atoms with E-state index >= 15 is 0 Å². The van der Waals surface area contributed by atoms with Crippen LogP contribution < -0.4 is 0 Å². The summed E-state index contributed by atoms with van der Waals surface area (Å²) >= 11 is 5.67. The molecule has 2 nitrogen and oxygen atoms in total. The highest BCUT2D eigenvalue weighted by atomic mass is 35.5. The van der Waals surface area contributed by atoms with Crippen LogP contribution >= 0.6 is 11.6 Å². The van der Waals surface area contributed by atoms with E-state index in [0.717, 1.165) is 38.5 Å². The summed E-state index contributed by atoms with van der Waals surface area (Å²) in [5.74, 6) is 0.874. The van der Waals surface area contributed by atoms with Crippen molar-refractivity contribution in [3.05, 3.63) is 0 Å². The van der Waals surface area contributed by atoms with Crippen LogP contribution in [-0.2, 0) is 9.53 Å². The first kappa shape index (κ1) is 23.8. The number of carbonyl (C=O) groups excluding carboxylic acids is 1. The molecule has 0 saturated heterocycles. The zero-order chi connectivity index (χ0) is 17.9. The minimum atomic E-state index is 0.0472. The summed E-state index contributed by atoms with van der Waals surface area (Å²) in [6, 6.07) is 0. The molecule has 0 aromatic rings. The van der Waals surface area contributed by atoms with Crippen molar-refractivity contribution in [2.45, 2.75) is 110 Å². The third kappa shape index (κ3) is 15.3. The van der Waals surface area contributed by atoms with E-state index in [9.17, 15) is 4.79 Å². The predicted octanol–water partition coefficient (Wildman–Crippen LogP) is 7.28. The molecule has 0 bridgehead atoms. The van der Waals surface area contributed by atoms with Crippen LogP contribution in [0.25, 0.3) is 0 Å². The first-order valence-corrected chi connectivity index (χ1v) is 11.0. The Morgan fingerprint density at radius 1 is 0.750 bits per heavy atom. The third-order valence-electron chi connectivity index (χ3n) is 4.67. The number of ether oxygens (including phenoxy) is 1. The lowest BCUT2D eigenvalue weighted by Gasteiger charge is -2.16. The van der Waals surface area contributed by atoms with Crippen molar-refractivity contribution >= 4 is 17.6 Å². The van der Waals surface area contributed by atoms with Gasteiger partial charge in [0, 0.05) is 5.88 Å². The molecule has 0 N–H and O–H groups in total. The normalized spacial score (nSPS) is 12.3. The van der Waals surface area contributed by atoms with E-state index in [1.54, 1.807) is 0 Å². The Labute approximate surface area is 156 Å². The second-order valence-corrected chi connectivity index (χ2v) is 7.40. The molecule has 1 atom stereocenters. The van der Waals surface area contributed by atoms with E-state index in [1.807, 2.05) is 0 Å². The summed E-state index contributed by atoms with van der Waals surface area (Å²) in [6.45, 7) is 5.04. The average molecular weight is 361 g/mol. The van der Waals surface area contributed by atoms with Crippen molar-refractivity contribution in [1.29, 1.82) is 0 Å². The number of alkyl halides is 1. The van der Waals surface area contributed by atoms with Gasteiger partial charge in [0.2, 0.25) is 0 Å². The zero-order valence-electron chi connectivity index (χ0n) is 16.3. The molecule has 1 unspecified atom stereocenters. The van der Waals surface area contributed by atoms with Crippen LogP contribution in [0.2, 0.25) is 0 Å². The smallest absolute Gasteiger partial charge is 0.308 e. The molecule has 0 aromatic heterocycles. The van der Waals surface area contributed by atoms with Crippen molar-refractivity contribution in [1.82, 2.24) is 0 Å². The molecular weight excluding hydrogens is 320 g/mol. The van der Waals surface area contributed by atoms with Crippen molar-refractivity contribution in [3.8, 4) is 0 Å². The lowest BCUT2D eigenvalue weighted by atomic mass is 9.94. The van der Waals surface area contributed by atoms with Crippen LogP contribution in [-0.4, -0.2) is 18.5 Å².